The second-order valence-corrected chi connectivity index (χ2v) is 5.68. The Morgan fingerprint density at radius 2 is 1.74 bits per heavy atom. The number of nitrogens with zero attached hydrogens (tertiary/aromatic N) is 4. The first-order valence-corrected chi connectivity index (χ1v) is 7.97. The van der Waals surface area contributed by atoms with Crippen molar-refractivity contribution in [1.82, 2.24) is 30.6 Å². The molecule has 2 aromatic heterocycles. The van der Waals surface area contributed by atoms with Crippen LogP contribution >= 0.6 is 0 Å². The molecule has 4 aromatic rings. The van der Waals surface area contributed by atoms with E-state index >= 15 is 0 Å². The number of aromatic amines is 2. The number of rotatable bonds is 4. The topological polar surface area (TPSA) is 130 Å². The highest BCUT2D eigenvalue weighted by Crippen LogP contribution is 2.31. The number of benzene rings is 2. The Morgan fingerprint density at radius 3 is 2.44 bits per heavy atom. The molecule has 0 bridgehead atoms. The highest BCUT2D eigenvalue weighted by atomic mass is 16.5. The number of phenols is 1. The van der Waals surface area contributed by atoms with Crippen LogP contribution in [-0.2, 0) is 0 Å². The van der Waals surface area contributed by atoms with Gasteiger partial charge in [0.25, 0.3) is 0 Å². The van der Waals surface area contributed by atoms with E-state index in [1.807, 2.05) is 24.3 Å². The Kier molecular flexibility index (Phi) is 4.09. The molecule has 0 aliphatic rings. The number of phenolic OH excluding ortho intramolecular Hbond substituents is 1. The zero-order valence-electron chi connectivity index (χ0n) is 14.2. The monoisotopic (exact) mass is 362 g/mol. The minimum atomic E-state index is -0.475. The van der Waals surface area contributed by atoms with Gasteiger partial charge < -0.3 is 14.8 Å². The number of H-pyrrole nitrogens is 2. The second kappa shape index (κ2) is 6.71. The number of nitrogens with one attached hydrogen (secondary N) is 2. The van der Waals surface area contributed by atoms with Crippen LogP contribution in [0.1, 0.15) is 0 Å². The van der Waals surface area contributed by atoms with Crippen LogP contribution in [-0.4, -0.2) is 42.8 Å². The Labute approximate surface area is 152 Å². The fraction of sp³-hybridized carbons (Fsp3) is 0.0556. The summed E-state index contributed by atoms with van der Waals surface area (Å²) in [5.41, 5.74) is 2.85. The number of aromatic hydroxyl groups is 1. The van der Waals surface area contributed by atoms with E-state index in [0.29, 0.717) is 28.5 Å². The van der Waals surface area contributed by atoms with E-state index in [1.165, 1.54) is 13.2 Å². The second-order valence-electron chi connectivity index (χ2n) is 5.68. The van der Waals surface area contributed by atoms with E-state index < -0.39 is 5.69 Å². The van der Waals surface area contributed by atoms with Crippen molar-refractivity contribution in [3.05, 3.63) is 59.0 Å². The van der Waals surface area contributed by atoms with E-state index in [4.69, 9.17) is 4.74 Å². The predicted octanol–water partition coefficient (Wildman–Crippen LogP) is 2.00. The lowest BCUT2D eigenvalue weighted by Crippen LogP contribution is -2.12. The van der Waals surface area contributed by atoms with Crippen LogP contribution in [0.3, 0.4) is 0 Å². The third-order valence-corrected chi connectivity index (χ3v) is 4.02. The summed E-state index contributed by atoms with van der Waals surface area (Å²) in [6.45, 7) is 0. The van der Waals surface area contributed by atoms with Gasteiger partial charge >= 0.3 is 5.69 Å². The van der Waals surface area contributed by atoms with Crippen LogP contribution in [0, 0.1) is 0 Å². The smallest absolute Gasteiger partial charge is 0.345 e. The number of aromatic nitrogens is 6. The fourth-order valence-electron chi connectivity index (χ4n) is 2.68. The Bertz CT molecular complexity index is 1140. The first-order valence-electron chi connectivity index (χ1n) is 7.97. The first-order chi connectivity index (χ1) is 13.1. The summed E-state index contributed by atoms with van der Waals surface area (Å²) in [6, 6.07) is 13.9. The minimum Gasteiger partial charge on any atom is -0.504 e. The molecule has 2 heterocycles. The Morgan fingerprint density at radius 1 is 1.00 bits per heavy atom. The van der Waals surface area contributed by atoms with Crippen molar-refractivity contribution in [3.63, 3.8) is 0 Å². The fourth-order valence-corrected chi connectivity index (χ4v) is 2.68. The third kappa shape index (κ3) is 3.25. The van der Waals surface area contributed by atoms with Crippen LogP contribution < -0.4 is 10.4 Å². The number of hydrogen-bond donors (Lipinski definition) is 3. The van der Waals surface area contributed by atoms with Crippen LogP contribution in [0.25, 0.3) is 33.9 Å². The molecule has 0 spiro atoms. The van der Waals surface area contributed by atoms with Crippen LogP contribution in [0.4, 0.5) is 0 Å². The summed E-state index contributed by atoms with van der Waals surface area (Å²) >= 11 is 0. The Hall–Kier alpha value is -4.01. The van der Waals surface area contributed by atoms with Crippen molar-refractivity contribution in [2.75, 3.05) is 7.11 Å². The molecule has 9 heteroatoms. The van der Waals surface area contributed by atoms with Crippen molar-refractivity contribution in [3.8, 4) is 45.4 Å². The average molecular weight is 362 g/mol. The molecule has 0 fully saturated rings. The molecule has 0 saturated carbocycles. The SMILES string of the molecule is COc1cc(-c2cc(-c3ccc(-c4nn[nH]n4)cc3)nc(=O)[nH]2)ccc1O. The quantitative estimate of drug-likeness (QED) is 0.506. The molecule has 0 unspecified atom stereocenters. The zero-order valence-corrected chi connectivity index (χ0v) is 14.2. The van der Waals surface area contributed by atoms with Gasteiger partial charge in [-0.25, -0.2) is 4.79 Å². The van der Waals surface area contributed by atoms with Gasteiger partial charge in [-0.1, -0.05) is 24.3 Å². The maximum absolute atomic E-state index is 12.1. The van der Waals surface area contributed by atoms with Gasteiger partial charge in [0, 0.05) is 16.7 Å². The molecular weight excluding hydrogens is 348 g/mol. The van der Waals surface area contributed by atoms with E-state index in [2.05, 4.69) is 30.6 Å². The van der Waals surface area contributed by atoms with E-state index in [-0.39, 0.29) is 5.75 Å². The number of methoxy groups -OCH3 is 1. The van der Waals surface area contributed by atoms with E-state index in [1.54, 1.807) is 18.2 Å². The van der Waals surface area contributed by atoms with Crippen LogP contribution in [0.5, 0.6) is 11.5 Å². The van der Waals surface area contributed by atoms with Gasteiger partial charge in [-0.2, -0.15) is 10.2 Å². The molecule has 2 aromatic carbocycles. The standard InChI is InChI=1S/C18H14N6O3/c1-27-16-8-12(6-7-15(16)25)14-9-13(19-18(26)20-14)10-2-4-11(5-3-10)17-21-23-24-22-17/h2-9,25H,1H3,(H,19,20,26)(H,21,22,23,24). The summed E-state index contributed by atoms with van der Waals surface area (Å²) in [4.78, 5) is 18.8. The van der Waals surface area contributed by atoms with Gasteiger partial charge in [0.15, 0.2) is 11.5 Å². The molecular formula is C18H14N6O3. The lowest BCUT2D eigenvalue weighted by atomic mass is 10.1. The van der Waals surface area contributed by atoms with Gasteiger partial charge in [0.1, 0.15) is 0 Å². The largest absolute Gasteiger partial charge is 0.504 e. The summed E-state index contributed by atoms with van der Waals surface area (Å²) in [6.07, 6.45) is 0. The molecule has 0 atom stereocenters. The third-order valence-electron chi connectivity index (χ3n) is 4.02. The summed E-state index contributed by atoms with van der Waals surface area (Å²) in [5, 5.41) is 23.5. The maximum Gasteiger partial charge on any atom is 0.345 e. The van der Waals surface area contributed by atoms with Crippen molar-refractivity contribution >= 4 is 0 Å². The molecule has 0 amide bonds. The van der Waals surface area contributed by atoms with Gasteiger partial charge in [-0.05, 0) is 29.5 Å². The molecule has 3 N–H and O–H groups in total. The molecule has 0 aliphatic heterocycles. The van der Waals surface area contributed by atoms with Crippen molar-refractivity contribution in [2.24, 2.45) is 0 Å². The van der Waals surface area contributed by atoms with Gasteiger partial charge in [-0.3, -0.25) is 0 Å². The maximum atomic E-state index is 12.1. The summed E-state index contributed by atoms with van der Waals surface area (Å²) < 4.78 is 5.12. The summed E-state index contributed by atoms with van der Waals surface area (Å²) in [7, 11) is 1.46. The van der Waals surface area contributed by atoms with Crippen LogP contribution in [0.2, 0.25) is 0 Å². The van der Waals surface area contributed by atoms with Gasteiger partial charge in [0.2, 0.25) is 5.82 Å². The number of tetrazole rings is 1. The molecule has 0 radical (unpaired) electrons. The number of ether oxygens (including phenoxy) is 1. The molecule has 4 rings (SSSR count). The molecule has 0 saturated heterocycles. The normalized spacial score (nSPS) is 10.7. The van der Waals surface area contributed by atoms with Gasteiger partial charge in [0.05, 0.1) is 18.5 Å². The summed E-state index contributed by atoms with van der Waals surface area (Å²) in [5.74, 6) is 0.823. The number of hydrogen-bond acceptors (Lipinski definition) is 7. The first kappa shape index (κ1) is 16.5. The minimum absolute atomic E-state index is 0.0231. The Balaban J connectivity index is 1.73. The molecule has 27 heavy (non-hydrogen) atoms. The van der Waals surface area contributed by atoms with Crippen molar-refractivity contribution in [1.29, 1.82) is 0 Å². The lowest BCUT2D eigenvalue weighted by molar-refractivity contribution is 0.373. The van der Waals surface area contributed by atoms with Crippen molar-refractivity contribution in [2.45, 2.75) is 0 Å². The zero-order chi connectivity index (χ0) is 18.8. The van der Waals surface area contributed by atoms with Crippen molar-refractivity contribution < 1.29 is 9.84 Å². The van der Waals surface area contributed by atoms with Gasteiger partial charge in [-0.15, -0.1) is 10.2 Å². The molecule has 0 aliphatic carbocycles. The molecule has 134 valence electrons. The predicted molar refractivity (Wildman–Crippen MR) is 97.1 cm³/mol. The van der Waals surface area contributed by atoms with E-state index in [9.17, 15) is 9.90 Å². The highest BCUT2D eigenvalue weighted by molar-refractivity contribution is 5.70. The molecule has 9 nitrogen and oxygen atoms in total. The average Bonchev–Trinajstić information content (AvgIpc) is 3.23. The van der Waals surface area contributed by atoms with Crippen LogP contribution in [0.15, 0.2) is 53.3 Å². The van der Waals surface area contributed by atoms with E-state index in [0.717, 1.165) is 11.1 Å². The lowest BCUT2D eigenvalue weighted by Gasteiger charge is -2.08. The highest BCUT2D eigenvalue weighted by Gasteiger charge is 2.10.